The first-order valence-electron chi connectivity index (χ1n) is 8.08. The number of ether oxygens (including phenoxy) is 2. The average molecular weight is 323 g/mol. The molecule has 0 N–H and O–H groups in total. The summed E-state index contributed by atoms with van der Waals surface area (Å²) in [6.45, 7) is 11.4. The standard InChI is InChI=1S/C21H25NO2/c1-14-9-17(21(3,4)5)10-15(2)18(14)13-24-19-8-7-16(12-22)11-20(19)23-6/h7-11H,13H2,1-6H3. The molecule has 0 amide bonds. The van der Waals surface area contributed by atoms with Crippen molar-refractivity contribution in [1.82, 2.24) is 0 Å². The average Bonchev–Trinajstić information content (AvgIpc) is 2.53. The fourth-order valence-electron chi connectivity index (χ4n) is 2.66. The lowest BCUT2D eigenvalue weighted by molar-refractivity contribution is 0.283. The highest BCUT2D eigenvalue weighted by molar-refractivity contribution is 5.47. The minimum absolute atomic E-state index is 0.130. The van der Waals surface area contributed by atoms with Crippen molar-refractivity contribution in [2.45, 2.75) is 46.6 Å². The van der Waals surface area contributed by atoms with Crippen LogP contribution in [0.25, 0.3) is 0 Å². The minimum atomic E-state index is 0.130. The highest BCUT2D eigenvalue weighted by Gasteiger charge is 2.17. The summed E-state index contributed by atoms with van der Waals surface area (Å²) in [5.41, 5.74) is 5.67. The van der Waals surface area contributed by atoms with Crippen molar-refractivity contribution in [2.75, 3.05) is 7.11 Å². The van der Waals surface area contributed by atoms with Gasteiger partial charge in [-0.15, -0.1) is 0 Å². The molecular weight excluding hydrogens is 298 g/mol. The third-order valence-corrected chi connectivity index (χ3v) is 4.23. The van der Waals surface area contributed by atoms with Gasteiger partial charge in [-0.2, -0.15) is 5.26 Å². The van der Waals surface area contributed by atoms with E-state index < -0.39 is 0 Å². The fraction of sp³-hybridized carbons (Fsp3) is 0.381. The molecule has 0 saturated heterocycles. The molecule has 0 aliphatic heterocycles. The van der Waals surface area contributed by atoms with Crippen molar-refractivity contribution in [3.8, 4) is 17.6 Å². The Hall–Kier alpha value is -2.47. The van der Waals surface area contributed by atoms with Gasteiger partial charge in [-0.25, -0.2) is 0 Å². The normalized spacial score (nSPS) is 11.0. The lowest BCUT2D eigenvalue weighted by Gasteiger charge is -2.22. The molecule has 2 rings (SSSR count). The monoisotopic (exact) mass is 323 g/mol. The van der Waals surface area contributed by atoms with Gasteiger partial charge < -0.3 is 9.47 Å². The number of methoxy groups -OCH3 is 1. The molecule has 0 spiro atoms. The Bertz CT molecular complexity index is 756. The molecular formula is C21H25NO2. The molecule has 2 aromatic rings. The second kappa shape index (κ2) is 6.97. The lowest BCUT2D eigenvalue weighted by Crippen LogP contribution is -2.13. The van der Waals surface area contributed by atoms with E-state index in [0.717, 1.165) is 0 Å². The van der Waals surface area contributed by atoms with E-state index in [-0.39, 0.29) is 5.41 Å². The number of benzene rings is 2. The van der Waals surface area contributed by atoms with Crippen LogP contribution in [0.1, 0.15) is 48.6 Å². The number of nitrogens with zero attached hydrogens (tertiary/aromatic N) is 1. The van der Waals surface area contributed by atoms with Crippen LogP contribution in [0.15, 0.2) is 30.3 Å². The molecule has 0 atom stereocenters. The highest BCUT2D eigenvalue weighted by Crippen LogP contribution is 2.31. The number of hydrogen-bond acceptors (Lipinski definition) is 3. The van der Waals surface area contributed by atoms with Crippen LogP contribution in [0.2, 0.25) is 0 Å². The second-order valence-electron chi connectivity index (χ2n) is 7.10. The summed E-state index contributed by atoms with van der Waals surface area (Å²) in [5, 5.41) is 8.97. The van der Waals surface area contributed by atoms with Gasteiger partial charge in [0.2, 0.25) is 0 Å². The first kappa shape index (κ1) is 17.9. The van der Waals surface area contributed by atoms with E-state index in [1.165, 1.54) is 22.3 Å². The van der Waals surface area contributed by atoms with Gasteiger partial charge in [0.15, 0.2) is 11.5 Å². The zero-order valence-corrected chi connectivity index (χ0v) is 15.4. The SMILES string of the molecule is COc1cc(C#N)ccc1OCc1c(C)cc(C(C)(C)C)cc1C. The third kappa shape index (κ3) is 3.89. The molecule has 126 valence electrons. The van der Waals surface area contributed by atoms with Crippen molar-refractivity contribution >= 4 is 0 Å². The second-order valence-corrected chi connectivity index (χ2v) is 7.10. The Morgan fingerprint density at radius 1 is 1.00 bits per heavy atom. The van der Waals surface area contributed by atoms with Gasteiger partial charge in [0.25, 0.3) is 0 Å². The van der Waals surface area contributed by atoms with E-state index in [4.69, 9.17) is 14.7 Å². The van der Waals surface area contributed by atoms with Gasteiger partial charge in [0.05, 0.1) is 18.7 Å². The van der Waals surface area contributed by atoms with Gasteiger partial charge >= 0.3 is 0 Å². The Kier molecular flexibility index (Phi) is 5.19. The molecule has 0 aliphatic rings. The summed E-state index contributed by atoms with van der Waals surface area (Å²) in [5.74, 6) is 1.23. The zero-order valence-electron chi connectivity index (χ0n) is 15.4. The first-order chi connectivity index (χ1) is 11.3. The maximum Gasteiger partial charge on any atom is 0.162 e. The van der Waals surface area contributed by atoms with Crippen LogP contribution >= 0.6 is 0 Å². The van der Waals surface area contributed by atoms with Gasteiger partial charge in [0.1, 0.15) is 6.61 Å². The predicted molar refractivity (Wildman–Crippen MR) is 96.7 cm³/mol. The third-order valence-electron chi connectivity index (χ3n) is 4.23. The van der Waals surface area contributed by atoms with Crippen molar-refractivity contribution in [3.05, 3.63) is 58.1 Å². The molecule has 0 unspecified atom stereocenters. The fourth-order valence-corrected chi connectivity index (χ4v) is 2.66. The Labute approximate surface area is 144 Å². The molecule has 0 heterocycles. The summed E-state index contributed by atoms with van der Waals surface area (Å²) >= 11 is 0. The van der Waals surface area contributed by atoms with E-state index in [1.54, 1.807) is 25.3 Å². The van der Waals surface area contributed by atoms with E-state index in [0.29, 0.717) is 23.7 Å². The molecule has 3 nitrogen and oxygen atoms in total. The number of aryl methyl sites for hydroxylation is 2. The maximum absolute atomic E-state index is 8.97. The van der Waals surface area contributed by atoms with Crippen LogP contribution in [0, 0.1) is 25.2 Å². The quantitative estimate of drug-likeness (QED) is 0.789. The molecule has 0 bridgehead atoms. The van der Waals surface area contributed by atoms with Gasteiger partial charge in [-0.05, 0) is 53.6 Å². The summed E-state index contributed by atoms with van der Waals surface area (Å²) in [6.07, 6.45) is 0. The smallest absolute Gasteiger partial charge is 0.162 e. The summed E-state index contributed by atoms with van der Waals surface area (Å²) in [4.78, 5) is 0. The Morgan fingerprint density at radius 3 is 2.12 bits per heavy atom. The van der Waals surface area contributed by atoms with Gasteiger partial charge in [0, 0.05) is 6.07 Å². The lowest BCUT2D eigenvalue weighted by atomic mass is 9.84. The zero-order chi connectivity index (χ0) is 17.9. The van der Waals surface area contributed by atoms with E-state index in [9.17, 15) is 0 Å². The van der Waals surface area contributed by atoms with Crippen molar-refractivity contribution in [1.29, 1.82) is 5.26 Å². The summed E-state index contributed by atoms with van der Waals surface area (Å²) < 4.78 is 11.3. The van der Waals surface area contributed by atoms with Crippen LogP contribution in [-0.2, 0) is 12.0 Å². The molecule has 3 heteroatoms. The summed E-state index contributed by atoms with van der Waals surface area (Å²) in [7, 11) is 1.58. The first-order valence-corrected chi connectivity index (χ1v) is 8.08. The van der Waals surface area contributed by atoms with E-state index in [2.05, 4.69) is 52.8 Å². The predicted octanol–water partition coefficient (Wildman–Crippen LogP) is 5.06. The van der Waals surface area contributed by atoms with Crippen LogP contribution in [0.4, 0.5) is 0 Å². The summed E-state index contributed by atoms with van der Waals surface area (Å²) in [6, 6.07) is 11.8. The molecule has 2 aromatic carbocycles. The van der Waals surface area contributed by atoms with Crippen LogP contribution in [-0.4, -0.2) is 7.11 Å². The van der Waals surface area contributed by atoms with E-state index >= 15 is 0 Å². The van der Waals surface area contributed by atoms with Crippen molar-refractivity contribution in [2.24, 2.45) is 0 Å². The molecule has 0 aliphatic carbocycles. The maximum atomic E-state index is 8.97. The Balaban J connectivity index is 2.26. The van der Waals surface area contributed by atoms with Crippen LogP contribution < -0.4 is 9.47 Å². The number of hydrogen-bond donors (Lipinski definition) is 0. The Morgan fingerprint density at radius 2 is 1.62 bits per heavy atom. The van der Waals surface area contributed by atoms with Gasteiger partial charge in [-0.3, -0.25) is 0 Å². The number of nitriles is 1. The van der Waals surface area contributed by atoms with Crippen molar-refractivity contribution < 1.29 is 9.47 Å². The van der Waals surface area contributed by atoms with Crippen LogP contribution in [0.5, 0.6) is 11.5 Å². The number of rotatable bonds is 4. The molecule has 24 heavy (non-hydrogen) atoms. The van der Waals surface area contributed by atoms with Crippen LogP contribution in [0.3, 0.4) is 0 Å². The molecule has 0 aromatic heterocycles. The topological polar surface area (TPSA) is 42.2 Å². The minimum Gasteiger partial charge on any atom is -0.493 e. The molecule has 0 radical (unpaired) electrons. The highest BCUT2D eigenvalue weighted by atomic mass is 16.5. The molecule has 0 fully saturated rings. The van der Waals surface area contributed by atoms with Crippen molar-refractivity contribution in [3.63, 3.8) is 0 Å². The van der Waals surface area contributed by atoms with E-state index in [1.807, 2.05) is 0 Å². The van der Waals surface area contributed by atoms with Gasteiger partial charge in [-0.1, -0.05) is 32.9 Å². The molecule has 0 saturated carbocycles. The largest absolute Gasteiger partial charge is 0.493 e.